The predicted molar refractivity (Wildman–Crippen MR) is 70.3 cm³/mol. The van der Waals surface area contributed by atoms with Crippen molar-refractivity contribution in [3.63, 3.8) is 0 Å². The van der Waals surface area contributed by atoms with Gasteiger partial charge in [0, 0.05) is 11.6 Å². The fraction of sp³-hybridized carbons (Fsp3) is 0.167. The maximum atomic E-state index is 8.98. The Kier molecular flexibility index (Phi) is 3.62. The summed E-state index contributed by atoms with van der Waals surface area (Å²) in [6, 6.07) is 9.76. The summed E-state index contributed by atoms with van der Waals surface area (Å²) in [7, 11) is 0. The van der Waals surface area contributed by atoms with Gasteiger partial charge < -0.3 is 5.32 Å². The lowest BCUT2D eigenvalue weighted by atomic mass is 10.2. The first kappa shape index (κ1) is 11.9. The molecule has 0 spiro atoms. The fourth-order valence-corrected chi connectivity index (χ4v) is 2.27. The smallest absolute Gasteiger partial charge is 0.127 e. The summed E-state index contributed by atoms with van der Waals surface area (Å²) in [5.74, 6) is 0. The van der Waals surface area contributed by atoms with Crippen molar-refractivity contribution in [1.29, 1.82) is 5.26 Å². The lowest BCUT2D eigenvalue weighted by Crippen LogP contribution is -1.98. The Morgan fingerprint density at radius 3 is 2.76 bits per heavy atom. The molecule has 17 heavy (non-hydrogen) atoms. The van der Waals surface area contributed by atoms with E-state index in [2.05, 4.69) is 15.8 Å². The van der Waals surface area contributed by atoms with E-state index in [0.29, 0.717) is 12.1 Å². The Labute approximate surface area is 109 Å². The fourth-order valence-electron chi connectivity index (χ4n) is 1.41. The molecule has 0 bridgehead atoms. The lowest BCUT2D eigenvalue weighted by molar-refractivity contribution is 1.16. The van der Waals surface area contributed by atoms with Crippen molar-refractivity contribution in [2.75, 3.05) is 5.32 Å². The number of nitrogens with zero attached hydrogens (tertiary/aromatic N) is 2. The van der Waals surface area contributed by atoms with Crippen molar-refractivity contribution in [2.24, 2.45) is 0 Å². The molecule has 0 atom stereocenters. The van der Waals surface area contributed by atoms with E-state index in [1.807, 2.05) is 31.2 Å². The van der Waals surface area contributed by atoms with Crippen molar-refractivity contribution in [3.05, 3.63) is 46.1 Å². The van der Waals surface area contributed by atoms with Crippen LogP contribution in [0.5, 0.6) is 0 Å². The third-order valence-corrected chi connectivity index (χ3v) is 3.49. The van der Waals surface area contributed by atoms with Gasteiger partial charge in [-0.15, -0.1) is 0 Å². The van der Waals surface area contributed by atoms with E-state index < -0.39 is 0 Å². The minimum atomic E-state index is 0.629. The number of anilines is 1. The van der Waals surface area contributed by atoms with Crippen LogP contribution in [0.15, 0.2) is 24.3 Å². The van der Waals surface area contributed by atoms with Crippen LogP contribution in [0.25, 0.3) is 0 Å². The number of hydrogen-bond acceptors (Lipinski definition) is 4. The predicted octanol–water partition coefficient (Wildman–Crippen LogP) is 3.59. The van der Waals surface area contributed by atoms with Crippen LogP contribution >= 0.6 is 23.1 Å². The summed E-state index contributed by atoms with van der Waals surface area (Å²) in [6.07, 6.45) is 0. The number of benzene rings is 1. The summed E-state index contributed by atoms with van der Waals surface area (Å²) >= 11 is 7.12. The molecule has 3 nitrogen and oxygen atoms in total. The first-order chi connectivity index (χ1) is 8.20. The summed E-state index contributed by atoms with van der Waals surface area (Å²) in [4.78, 5) is 0. The number of aromatic nitrogens is 1. The van der Waals surface area contributed by atoms with E-state index in [4.69, 9.17) is 16.9 Å². The van der Waals surface area contributed by atoms with Crippen LogP contribution in [-0.2, 0) is 6.54 Å². The third-order valence-electron chi connectivity index (χ3n) is 2.34. The molecule has 0 fully saturated rings. The summed E-state index contributed by atoms with van der Waals surface area (Å²) < 4.78 is 4.15. The number of nitrogens with one attached hydrogen (secondary N) is 1. The number of nitriles is 1. The lowest BCUT2D eigenvalue weighted by Gasteiger charge is -2.04. The summed E-state index contributed by atoms with van der Waals surface area (Å²) in [5.41, 5.74) is 2.52. The molecule has 2 rings (SSSR count). The van der Waals surface area contributed by atoms with Gasteiger partial charge in [-0.2, -0.15) is 9.64 Å². The molecule has 0 aliphatic heterocycles. The second kappa shape index (κ2) is 5.17. The molecular weight excluding hydrogens is 254 g/mol. The molecule has 0 saturated carbocycles. The van der Waals surface area contributed by atoms with Crippen molar-refractivity contribution in [3.8, 4) is 6.07 Å². The highest BCUT2D eigenvalue weighted by Crippen LogP contribution is 2.24. The molecule has 1 aromatic carbocycles. The number of hydrogen-bond donors (Lipinski definition) is 1. The van der Waals surface area contributed by atoms with Crippen LogP contribution in [0.3, 0.4) is 0 Å². The number of halogens is 1. The molecule has 0 aliphatic rings. The van der Waals surface area contributed by atoms with Crippen LogP contribution in [0.2, 0.25) is 5.02 Å². The average Bonchev–Trinajstić information content (AvgIpc) is 2.69. The molecule has 1 aromatic heterocycles. The Morgan fingerprint density at radius 2 is 2.12 bits per heavy atom. The van der Waals surface area contributed by atoms with Crippen molar-refractivity contribution < 1.29 is 0 Å². The second-order valence-corrected chi connectivity index (χ2v) is 4.77. The first-order valence-corrected chi connectivity index (χ1v) is 6.20. The highest BCUT2D eigenvalue weighted by molar-refractivity contribution is 7.10. The van der Waals surface area contributed by atoms with Crippen LogP contribution < -0.4 is 5.32 Å². The summed E-state index contributed by atoms with van der Waals surface area (Å²) in [6.45, 7) is 2.50. The van der Waals surface area contributed by atoms with Crippen LogP contribution in [-0.4, -0.2) is 4.37 Å². The van der Waals surface area contributed by atoms with E-state index in [-0.39, 0.29) is 0 Å². The van der Waals surface area contributed by atoms with E-state index in [9.17, 15) is 0 Å². The van der Waals surface area contributed by atoms with Gasteiger partial charge in [-0.25, -0.2) is 0 Å². The molecular formula is C12H10ClN3S. The largest absolute Gasteiger partial charge is 0.370 e. The van der Waals surface area contributed by atoms with Gasteiger partial charge in [0.1, 0.15) is 16.6 Å². The van der Waals surface area contributed by atoms with Gasteiger partial charge in [0.05, 0.1) is 5.69 Å². The van der Waals surface area contributed by atoms with E-state index in [1.165, 1.54) is 11.5 Å². The van der Waals surface area contributed by atoms with Crippen molar-refractivity contribution in [2.45, 2.75) is 13.5 Å². The molecule has 1 N–H and O–H groups in total. The van der Waals surface area contributed by atoms with Crippen molar-refractivity contribution >= 4 is 28.1 Å². The van der Waals surface area contributed by atoms with Gasteiger partial charge in [-0.3, -0.25) is 0 Å². The zero-order chi connectivity index (χ0) is 12.3. The summed E-state index contributed by atoms with van der Waals surface area (Å²) in [5, 5.41) is 13.7. The Balaban J connectivity index is 2.08. The number of aryl methyl sites for hydroxylation is 1. The van der Waals surface area contributed by atoms with E-state index >= 15 is 0 Å². The third kappa shape index (κ3) is 2.76. The molecule has 0 saturated heterocycles. The minimum Gasteiger partial charge on any atom is -0.370 e. The molecule has 5 heteroatoms. The monoisotopic (exact) mass is 263 g/mol. The van der Waals surface area contributed by atoms with E-state index in [1.54, 1.807) is 0 Å². The highest BCUT2D eigenvalue weighted by Gasteiger charge is 2.09. The molecule has 0 radical (unpaired) electrons. The first-order valence-electron chi connectivity index (χ1n) is 5.05. The molecule has 0 unspecified atom stereocenters. The average molecular weight is 264 g/mol. The van der Waals surface area contributed by atoms with Gasteiger partial charge in [0.25, 0.3) is 0 Å². The van der Waals surface area contributed by atoms with Gasteiger partial charge in [-0.05, 0) is 36.2 Å². The van der Waals surface area contributed by atoms with Gasteiger partial charge in [0.15, 0.2) is 0 Å². The van der Waals surface area contributed by atoms with E-state index in [0.717, 1.165) is 21.3 Å². The Hall–Kier alpha value is -1.57. The molecule has 86 valence electrons. The standard InChI is InChI=1S/C12H10ClN3S/c1-8-11(6-14)12(17-16-8)15-7-9-2-4-10(13)5-3-9/h2-5,15H,7H2,1H3. The SMILES string of the molecule is Cc1nsc(NCc2ccc(Cl)cc2)c1C#N. The maximum absolute atomic E-state index is 8.98. The highest BCUT2D eigenvalue weighted by atomic mass is 35.5. The topological polar surface area (TPSA) is 48.7 Å². The molecule has 1 heterocycles. The molecule has 2 aromatic rings. The normalized spacial score (nSPS) is 9.94. The Morgan fingerprint density at radius 1 is 1.41 bits per heavy atom. The zero-order valence-electron chi connectivity index (χ0n) is 9.20. The molecule has 0 amide bonds. The van der Waals surface area contributed by atoms with Crippen LogP contribution in [0.1, 0.15) is 16.8 Å². The second-order valence-electron chi connectivity index (χ2n) is 3.56. The maximum Gasteiger partial charge on any atom is 0.127 e. The van der Waals surface area contributed by atoms with Gasteiger partial charge in [-0.1, -0.05) is 23.7 Å². The van der Waals surface area contributed by atoms with Crippen molar-refractivity contribution in [1.82, 2.24) is 4.37 Å². The minimum absolute atomic E-state index is 0.629. The van der Waals surface area contributed by atoms with Gasteiger partial charge >= 0.3 is 0 Å². The number of rotatable bonds is 3. The van der Waals surface area contributed by atoms with Gasteiger partial charge in [0.2, 0.25) is 0 Å². The molecule has 0 aliphatic carbocycles. The Bertz CT molecular complexity index is 554. The zero-order valence-corrected chi connectivity index (χ0v) is 10.8. The van der Waals surface area contributed by atoms with Crippen LogP contribution in [0, 0.1) is 18.3 Å². The van der Waals surface area contributed by atoms with Crippen LogP contribution in [0.4, 0.5) is 5.00 Å². The quantitative estimate of drug-likeness (QED) is 0.921.